The largest absolute Gasteiger partial charge is 0.357 e. The molecule has 1 aromatic rings. The van der Waals surface area contributed by atoms with E-state index in [-0.39, 0.29) is 0 Å². The van der Waals surface area contributed by atoms with E-state index >= 15 is 0 Å². The highest BCUT2D eigenvalue weighted by Crippen LogP contribution is 2.34. The van der Waals surface area contributed by atoms with E-state index in [1.54, 1.807) is 0 Å². The Kier molecular flexibility index (Phi) is 6.70. The van der Waals surface area contributed by atoms with Crippen LogP contribution >= 0.6 is 0 Å². The summed E-state index contributed by atoms with van der Waals surface area (Å²) in [7, 11) is 0. The van der Waals surface area contributed by atoms with Gasteiger partial charge in [-0.25, -0.2) is 4.99 Å². The van der Waals surface area contributed by atoms with Crippen molar-refractivity contribution in [2.45, 2.75) is 58.3 Å². The number of amidine groups is 1. The molecule has 4 rings (SSSR count). The number of rotatable bonds is 7. The van der Waals surface area contributed by atoms with Crippen molar-refractivity contribution >= 4 is 11.7 Å². The van der Waals surface area contributed by atoms with Crippen molar-refractivity contribution in [2.24, 2.45) is 16.8 Å². The molecule has 3 fully saturated rings. The zero-order chi connectivity index (χ0) is 20.1. The molecule has 1 unspecified atom stereocenters. The fraction of sp³-hybridized carbons (Fsp3) is 0.652. The molecule has 1 atom stereocenters. The van der Waals surface area contributed by atoms with Crippen molar-refractivity contribution < 1.29 is 0 Å². The van der Waals surface area contributed by atoms with Crippen molar-refractivity contribution in [2.75, 3.05) is 31.5 Å². The average molecular weight is 397 g/mol. The number of hydrogen-bond acceptors (Lipinski definition) is 4. The first-order valence-corrected chi connectivity index (χ1v) is 11.5. The number of likely N-dealkylation sites (tertiary alicyclic amines) is 1. The molecule has 0 aromatic carbocycles. The number of nitrogens with zero attached hydrogens (tertiary/aromatic N) is 3. The minimum atomic E-state index is 0.637. The molecule has 3 aliphatic rings. The van der Waals surface area contributed by atoms with Gasteiger partial charge in [0.05, 0.1) is 0 Å². The quantitative estimate of drug-likeness (QED) is 0.476. The summed E-state index contributed by atoms with van der Waals surface area (Å²) in [4.78, 5) is 7.48. The first-order chi connectivity index (χ1) is 14.3. The second-order valence-corrected chi connectivity index (χ2v) is 8.70. The lowest BCUT2D eigenvalue weighted by Crippen LogP contribution is -2.46. The molecule has 1 saturated carbocycles. The van der Waals surface area contributed by atoms with Gasteiger partial charge in [-0.05, 0) is 69.7 Å². The van der Waals surface area contributed by atoms with Crippen molar-refractivity contribution in [3.63, 3.8) is 0 Å². The lowest BCUT2D eigenvalue weighted by molar-refractivity contribution is 0.235. The molecule has 0 amide bonds. The van der Waals surface area contributed by atoms with Gasteiger partial charge in [-0.2, -0.15) is 5.10 Å². The molecule has 1 aliphatic carbocycles. The third kappa shape index (κ3) is 4.92. The molecule has 6 heteroatoms. The van der Waals surface area contributed by atoms with E-state index in [2.05, 4.69) is 44.8 Å². The zero-order valence-electron chi connectivity index (χ0n) is 18.0. The molecule has 3 N–H and O–H groups in total. The molecular weight excluding hydrogens is 360 g/mol. The van der Waals surface area contributed by atoms with Gasteiger partial charge in [-0.15, -0.1) is 0 Å². The summed E-state index contributed by atoms with van der Waals surface area (Å²) in [5, 5.41) is 14.6. The minimum Gasteiger partial charge on any atom is -0.357 e. The van der Waals surface area contributed by atoms with Gasteiger partial charge >= 0.3 is 0 Å². The molecule has 0 spiro atoms. The lowest BCUT2D eigenvalue weighted by Gasteiger charge is -2.32. The van der Waals surface area contributed by atoms with Crippen LogP contribution in [-0.2, 0) is 0 Å². The zero-order valence-corrected chi connectivity index (χ0v) is 18.0. The first-order valence-electron chi connectivity index (χ1n) is 11.5. The minimum absolute atomic E-state index is 0.637. The highest BCUT2D eigenvalue weighted by Gasteiger charge is 2.33. The summed E-state index contributed by atoms with van der Waals surface area (Å²) >= 11 is 0. The topological polar surface area (TPSA) is 68.3 Å². The fourth-order valence-electron chi connectivity index (χ4n) is 4.82. The second kappa shape index (κ2) is 9.61. The maximum absolute atomic E-state index is 5.01. The molecule has 29 heavy (non-hydrogen) atoms. The standard InChI is InChI=1S/C23H36N6/c1-3-7-21(25-22-13-20(27-28-22)17-9-5-6-10-17)26-23(8-4-2)29-12-11-18(16-29)19-14-24-15-19/h3,7-8,13,17-19,24H,4-6,9-12,14-16H2,1-2H3,(H2,25,26,27,28)/b7-3-,23-8-. The SMILES string of the molecule is C\C=C/C(=N\C(=C\CC)N1CCC(C2CNC2)C1)Nc1cc(C2CCCC2)[nH]n1. The Bertz CT molecular complexity index is 751. The molecule has 0 radical (unpaired) electrons. The van der Waals surface area contributed by atoms with Crippen LogP contribution in [-0.4, -0.2) is 47.1 Å². The predicted octanol–water partition coefficient (Wildman–Crippen LogP) is 4.25. The maximum atomic E-state index is 5.01. The first kappa shape index (κ1) is 20.2. The van der Waals surface area contributed by atoms with E-state index in [0.717, 1.165) is 48.8 Å². The van der Waals surface area contributed by atoms with Gasteiger partial charge in [0.1, 0.15) is 11.7 Å². The van der Waals surface area contributed by atoms with Gasteiger partial charge in [0.2, 0.25) is 0 Å². The number of allylic oxidation sites excluding steroid dienone is 2. The molecular formula is C23H36N6. The lowest BCUT2D eigenvalue weighted by atomic mass is 9.87. The summed E-state index contributed by atoms with van der Waals surface area (Å²) in [5.41, 5.74) is 1.26. The molecule has 0 bridgehead atoms. The number of aromatic amines is 1. The van der Waals surface area contributed by atoms with Crippen LogP contribution in [0.15, 0.2) is 35.1 Å². The highest BCUT2D eigenvalue weighted by atomic mass is 15.3. The number of H-pyrrole nitrogens is 1. The van der Waals surface area contributed by atoms with Crippen LogP contribution in [0.1, 0.15) is 64.0 Å². The summed E-state index contributed by atoms with van der Waals surface area (Å²) < 4.78 is 0. The Labute approximate surface area is 174 Å². The second-order valence-electron chi connectivity index (χ2n) is 8.70. The average Bonchev–Trinajstić information content (AvgIpc) is 3.42. The Morgan fingerprint density at radius 1 is 1.28 bits per heavy atom. The van der Waals surface area contributed by atoms with Crippen molar-refractivity contribution in [1.29, 1.82) is 0 Å². The Hall–Kier alpha value is -2.08. The molecule has 6 nitrogen and oxygen atoms in total. The van der Waals surface area contributed by atoms with Gasteiger partial charge in [0.15, 0.2) is 5.82 Å². The Morgan fingerprint density at radius 2 is 2.10 bits per heavy atom. The summed E-state index contributed by atoms with van der Waals surface area (Å²) in [6, 6.07) is 2.16. The fourth-order valence-corrected chi connectivity index (χ4v) is 4.82. The van der Waals surface area contributed by atoms with Crippen LogP contribution in [0.3, 0.4) is 0 Å². The Morgan fingerprint density at radius 3 is 2.79 bits per heavy atom. The number of aliphatic imine (C=N–C) groups is 1. The number of aromatic nitrogens is 2. The molecule has 158 valence electrons. The summed E-state index contributed by atoms with van der Waals surface area (Å²) in [5.74, 6) is 5.08. The normalized spacial score (nSPS) is 24.6. The molecule has 2 saturated heterocycles. The van der Waals surface area contributed by atoms with E-state index in [1.807, 2.05) is 19.1 Å². The van der Waals surface area contributed by atoms with Gasteiger partial charge < -0.3 is 15.5 Å². The van der Waals surface area contributed by atoms with E-state index in [0.29, 0.717) is 5.92 Å². The molecule has 3 heterocycles. The third-order valence-corrected chi connectivity index (χ3v) is 6.62. The number of nitrogens with one attached hydrogen (secondary N) is 3. The van der Waals surface area contributed by atoms with Crippen molar-refractivity contribution in [3.8, 4) is 0 Å². The van der Waals surface area contributed by atoms with Crippen molar-refractivity contribution in [3.05, 3.63) is 35.8 Å². The van der Waals surface area contributed by atoms with E-state index in [9.17, 15) is 0 Å². The van der Waals surface area contributed by atoms with E-state index in [1.165, 1.54) is 50.9 Å². The van der Waals surface area contributed by atoms with Crippen molar-refractivity contribution in [1.82, 2.24) is 20.4 Å². The van der Waals surface area contributed by atoms with Gasteiger partial charge in [-0.3, -0.25) is 5.10 Å². The maximum Gasteiger partial charge on any atom is 0.153 e. The number of hydrogen-bond donors (Lipinski definition) is 3. The third-order valence-electron chi connectivity index (χ3n) is 6.62. The molecule has 1 aromatic heterocycles. The monoisotopic (exact) mass is 396 g/mol. The van der Waals surface area contributed by atoms with E-state index < -0.39 is 0 Å². The summed E-state index contributed by atoms with van der Waals surface area (Å²) in [6.07, 6.45) is 13.8. The predicted molar refractivity (Wildman–Crippen MR) is 120 cm³/mol. The highest BCUT2D eigenvalue weighted by molar-refractivity contribution is 6.03. The van der Waals surface area contributed by atoms with Gasteiger partial charge in [0.25, 0.3) is 0 Å². The smallest absolute Gasteiger partial charge is 0.153 e. The van der Waals surface area contributed by atoms with E-state index in [4.69, 9.17) is 4.99 Å². The number of anilines is 1. The van der Waals surface area contributed by atoms with Crippen LogP contribution < -0.4 is 10.6 Å². The van der Waals surface area contributed by atoms with Gasteiger partial charge in [0, 0.05) is 30.8 Å². The molecule has 2 aliphatic heterocycles. The summed E-state index contributed by atoms with van der Waals surface area (Å²) in [6.45, 7) is 8.81. The van der Waals surface area contributed by atoms with Crippen LogP contribution in [0.4, 0.5) is 5.82 Å². The Balaban J connectivity index is 1.46. The van der Waals surface area contributed by atoms with Crippen LogP contribution in [0.5, 0.6) is 0 Å². The van der Waals surface area contributed by atoms with Crippen LogP contribution in [0.2, 0.25) is 0 Å². The van der Waals surface area contributed by atoms with Gasteiger partial charge in [-0.1, -0.05) is 25.8 Å². The van der Waals surface area contributed by atoms with Crippen LogP contribution in [0.25, 0.3) is 0 Å². The van der Waals surface area contributed by atoms with Crippen LogP contribution in [0, 0.1) is 11.8 Å².